The van der Waals surface area contributed by atoms with Gasteiger partial charge in [0.2, 0.25) is 0 Å². The lowest BCUT2D eigenvalue weighted by atomic mass is 9.43. The molecule has 11 atom stereocenters. The third-order valence-corrected chi connectivity index (χ3v) is 10.6. The second-order valence-corrected chi connectivity index (χ2v) is 11.7. The molecule has 30 heavy (non-hydrogen) atoms. The molecule has 0 aromatic rings. The van der Waals surface area contributed by atoms with Gasteiger partial charge in [0.15, 0.2) is 0 Å². The van der Waals surface area contributed by atoms with Crippen LogP contribution in [0.3, 0.4) is 0 Å². The second-order valence-electron chi connectivity index (χ2n) is 11.7. The molecule has 4 saturated carbocycles. The number of nitrogens with two attached hydrogens (primary N) is 1. The Kier molecular flexibility index (Phi) is 6.04. The van der Waals surface area contributed by atoms with Gasteiger partial charge in [0, 0.05) is 12.5 Å². The average molecular weight is 422 g/mol. The predicted octanol–water partition coefficient (Wildman–Crippen LogP) is 3.50. The second kappa shape index (κ2) is 8.04. The number of fused-ring (bicyclic) bond motifs is 5. The summed E-state index contributed by atoms with van der Waals surface area (Å²) in [6.45, 7) is 7.11. The molecule has 0 aromatic carbocycles. The fraction of sp³-hybridized carbons (Fsp3) is 0.960. The largest absolute Gasteiger partial charge is 0.469 e. The van der Waals surface area contributed by atoms with Crippen LogP contribution in [-0.4, -0.2) is 41.5 Å². The van der Waals surface area contributed by atoms with E-state index in [1.807, 2.05) is 0 Å². The van der Waals surface area contributed by atoms with Crippen molar-refractivity contribution in [2.24, 2.45) is 52.1 Å². The maximum Gasteiger partial charge on any atom is 0.305 e. The molecule has 0 saturated heterocycles. The summed E-state index contributed by atoms with van der Waals surface area (Å²) in [5.41, 5.74) is 6.55. The summed E-state index contributed by atoms with van der Waals surface area (Å²) < 4.78 is 4.85. The molecule has 0 bridgehead atoms. The molecule has 4 aliphatic carbocycles. The number of methoxy groups -OCH3 is 1. The van der Waals surface area contributed by atoms with Gasteiger partial charge in [-0.05, 0) is 97.7 Å². The van der Waals surface area contributed by atoms with Crippen molar-refractivity contribution in [3.05, 3.63) is 0 Å². The van der Waals surface area contributed by atoms with E-state index in [2.05, 4.69) is 20.8 Å². The number of aliphatic hydroxyl groups excluding tert-OH is 2. The van der Waals surface area contributed by atoms with Crippen molar-refractivity contribution in [1.82, 2.24) is 0 Å². The maximum atomic E-state index is 11.7. The molecule has 4 rings (SSSR count). The summed E-state index contributed by atoms with van der Waals surface area (Å²) in [6, 6.07) is 0.154. The van der Waals surface area contributed by atoms with Gasteiger partial charge in [-0.3, -0.25) is 4.79 Å². The molecular formula is C25H43NO4. The molecule has 0 radical (unpaired) electrons. The van der Waals surface area contributed by atoms with Crippen molar-refractivity contribution in [2.45, 2.75) is 96.8 Å². The first-order valence-corrected chi connectivity index (χ1v) is 12.3. The highest BCUT2D eigenvalue weighted by atomic mass is 16.5. The fourth-order valence-corrected chi connectivity index (χ4v) is 8.92. The number of carbonyl (C=O) groups is 1. The minimum atomic E-state index is -0.652. The standard InChI is InChI=1S/C25H43NO4/c1-14(5-8-20(27)30-4)16-6-7-17-21-18(10-12-24(16,17)2)25(3)11-9-15(26)13-19(25)22(28)23(21)29/h14-19,21-23,28-29H,5-13,26H2,1-4H3/t14-,15+,16-,17?,18?,19?,21?,22-,23?,24-,25-/m1/s1. The summed E-state index contributed by atoms with van der Waals surface area (Å²) in [4.78, 5) is 11.7. The molecule has 0 aromatic heterocycles. The lowest BCUT2D eigenvalue weighted by molar-refractivity contribution is -0.216. The van der Waals surface area contributed by atoms with Crippen molar-refractivity contribution >= 4 is 5.97 Å². The van der Waals surface area contributed by atoms with Gasteiger partial charge in [0.1, 0.15) is 0 Å². The van der Waals surface area contributed by atoms with E-state index in [-0.39, 0.29) is 34.7 Å². The molecule has 4 fully saturated rings. The summed E-state index contributed by atoms with van der Waals surface area (Å²) in [7, 11) is 1.46. The summed E-state index contributed by atoms with van der Waals surface area (Å²) in [5, 5.41) is 22.5. The first kappa shape index (κ1) is 22.5. The summed E-state index contributed by atoms with van der Waals surface area (Å²) in [6.07, 6.45) is 7.67. The highest BCUT2D eigenvalue weighted by molar-refractivity contribution is 5.69. The number of esters is 1. The smallest absolute Gasteiger partial charge is 0.305 e. The Morgan fingerprint density at radius 2 is 1.70 bits per heavy atom. The molecule has 5 nitrogen and oxygen atoms in total. The van der Waals surface area contributed by atoms with E-state index in [0.717, 1.165) is 38.5 Å². The molecule has 0 amide bonds. The van der Waals surface area contributed by atoms with E-state index in [1.54, 1.807) is 0 Å². The van der Waals surface area contributed by atoms with Crippen LogP contribution in [0.15, 0.2) is 0 Å². The Morgan fingerprint density at radius 3 is 2.40 bits per heavy atom. The molecule has 0 spiro atoms. The third-order valence-electron chi connectivity index (χ3n) is 10.6. The lowest BCUT2D eigenvalue weighted by Crippen LogP contribution is -2.64. The quantitative estimate of drug-likeness (QED) is 0.604. The van der Waals surface area contributed by atoms with Crippen molar-refractivity contribution < 1.29 is 19.7 Å². The minimum absolute atomic E-state index is 0.0924. The number of aliphatic hydroxyl groups is 2. The van der Waals surface area contributed by atoms with Gasteiger partial charge >= 0.3 is 5.97 Å². The normalized spacial score (nSPS) is 51.4. The van der Waals surface area contributed by atoms with Gasteiger partial charge in [-0.15, -0.1) is 0 Å². The van der Waals surface area contributed by atoms with Gasteiger partial charge < -0.3 is 20.7 Å². The Hall–Kier alpha value is -0.650. The van der Waals surface area contributed by atoms with E-state index in [0.29, 0.717) is 30.1 Å². The van der Waals surface area contributed by atoms with Crippen molar-refractivity contribution in [2.75, 3.05) is 7.11 Å². The fourth-order valence-electron chi connectivity index (χ4n) is 8.92. The molecule has 4 aliphatic rings. The Labute approximate surface area is 182 Å². The van der Waals surface area contributed by atoms with Crippen LogP contribution in [-0.2, 0) is 9.53 Å². The van der Waals surface area contributed by atoms with Gasteiger partial charge in [-0.2, -0.15) is 0 Å². The average Bonchev–Trinajstić information content (AvgIpc) is 3.08. The molecule has 5 unspecified atom stereocenters. The summed E-state index contributed by atoms with van der Waals surface area (Å²) >= 11 is 0. The third kappa shape index (κ3) is 3.34. The first-order valence-electron chi connectivity index (χ1n) is 12.3. The van der Waals surface area contributed by atoms with E-state index < -0.39 is 12.2 Å². The number of hydrogen-bond acceptors (Lipinski definition) is 5. The van der Waals surface area contributed by atoms with Crippen LogP contribution < -0.4 is 5.73 Å². The molecular weight excluding hydrogens is 378 g/mol. The van der Waals surface area contributed by atoms with E-state index >= 15 is 0 Å². The van der Waals surface area contributed by atoms with Crippen molar-refractivity contribution in [1.29, 1.82) is 0 Å². The van der Waals surface area contributed by atoms with Crippen molar-refractivity contribution in [3.8, 4) is 0 Å². The van der Waals surface area contributed by atoms with Gasteiger partial charge in [0.05, 0.1) is 19.3 Å². The van der Waals surface area contributed by atoms with Gasteiger partial charge in [0.25, 0.3) is 0 Å². The Morgan fingerprint density at radius 1 is 1.03 bits per heavy atom. The first-order chi connectivity index (χ1) is 14.1. The van der Waals surface area contributed by atoms with Crippen molar-refractivity contribution in [3.63, 3.8) is 0 Å². The predicted molar refractivity (Wildman–Crippen MR) is 116 cm³/mol. The molecule has 4 N–H and O–H groups in total. The van der Waals surface area contributed by atoms with Crippen LogP contribution in [0.1, 0.15) is 78.6 Å². The topological polar surface area (TPSA) is 92.8 Å². The highest BCUT2D eigenvalue weighted by Crippen LogP contribution is 2.68. The SMILES string of the molecule is COC(=O)CC[C@@H](C)[C@H]1CCC2C3C(O)[C@H](O)C4C[C@@H](N)CC[C@]4(C)C3CC[C@@]21C. The zero-order chi connectivity index (χ0) is 21.8. The molecule has 0 heterocycles. The molecule has 172 valence electrons. The molecule has 5 heteroatoms. The number of hydrogen-bond donors (Lipinski definition) is 3. The van der Waals surface area contributed by atoms with Crippen LogP contribution in [0.4, 0.5) is 0 Å². The number of ether oxygens (including phenoxy) is 1. The highest BCUT2D eigenvalue weighted by Gasteiger charge is 2.65. The van der Waals surface area contributed by atoms with Crippen LogP contribution >= 0.6 is 0 Å². The number of rotatable bonds is 4. The Balaban J connectivity index is 1.56. The van der Waals surface area contributed by atoms with Crippen LogP contribution in [0, 0.1) is 46.3 Å². The summed E-state index contributed by atoms with van der Waals surface area (Å²) in [5.74, 6) is 2.17. The van der Waals surface area contributed by atoms with E-state index in [9.17, 15) is 15.0 Å². The van der Waals surface area contributed by atoms with Crippen LogP contribution in [0.2, 0.25) is 0 Å². The monoisotopic (exact) mass is 421 g/mol. The zero-order valence-corrected chi connectivity index (χ0v) is 19.3. The maximum absolute atomic E-state index is 11.7. The van der Waals surface area contributed by atoms with Gasteiger partial charge in [-0.1, -0.05) is 20.8 Å². The molecule has 0 aliphatic heterocycles. The van der Waals surface area contributed by atoms with E-state index in [4.69, 9.17) is 10.5 Å². The lowest BCUT2D eigenvalue weighted by Gasteiger charge is -2.63. The minimum Gasteiger partial charge on any atom is -0.469 e. The van der Waals surface area contributed by atoms with E-state index in [1.165, 1.54) is 20.0 Å². The Bertz CT molecular complexity index is 655. The van der Waals surface area contributed by atoms with Crippen LogP contribution in [0.25, 0.3) is 0 Å². The number of carbonyl (C=O) groups excluding carboxylic acids is 1. The zero-order valence-electron chi connectivity index (χ0n) is 19.3. The van der Waals surface area contributed by atoms with Crippen LogP contribution in [0.5, 0.6) is 0 Å². The van der Waals surface area contributed by atoms with Gasteiger partial charge in [-0.25, -0.2) is 0 Å².